The average molecular weight is 426 g/mol. The van der Waals surface area contributed by atoms with Crippen molar-refractivity contribution >= 4 is 39.7 Å². The lowest BCUT2D eigenvalue weighted by atomic mass is 10.2. The van der Waals surface area contributed by atoms with Gasteiger partial charge in [-0.1, -0.05) is 0 Å². The van der Waals surface area contributed by atoms with E-state index in [0.717, 1.165) is 11.4 Å². The number of nitrogens with one attached hydrogen (secondary N) is 1. The minimum atomic E-state index is -3.55. The molecule has 0 saturated carbocycles. The van der Waals surface area contributed by atoms with Gasteiger partial charge in [0.2, 0.25) is 15.9 Å². The van der Waals surface area contributed by atoms with E-state index in [0.29, 0.717) is 31.9 Å². The molecule has 1 aliphatic heterocycles. The first-order valence-corrected chi connectivity index (χ1v) is 10.1. The SMILES string of the molecule is COc1ccc(N2CCN(S(=O)(=O)c3ccc(NC(C)=O)cc3)CC2)cc1.Cl. The number of carbonyl (C=O) groups is 1. The van der Waals surface area contributed by atoms with Crippen molar-refractivity contribution in [2.75, 3.05) is 43.5 Å². The van der Waals surface area contributed by atoms with Gasteiger partial charge in [-0.2, -0.15) is 4.31 Å². The van der Waals surface area contributed by atoms with Crippen LogP contribution in [0.5, 0.6) is 5.75 Å². The highest BCUT2D eigenvalue weighted by Crippen LogP contribution is 2.24. The van der Waals surface area contributed by atoms with E-state index in [-0.39, 0.29) is 23.2 Å². The fraction of sp³-hybridized carbons (Fsp3) is 0.316. The van der Waals surface area contributed by atoms with Gasteiger partial charge in [-0.3, -0.25) is 4.79 Å². The number of sulfonamides is 1. The predicted molar refractivity (Wildman–Crippen MR) is 112 cm³/mol. The van der Waals surface area contributed by atoms with Crippen LogP contribution in [0, 0.1) is 0 Å². The van der Waals surface area contributed by atoms with Crippen molar-refractivity contribution in [2.45, 2.75) is 11.8 Å². The van der Waals surface area contributed by atoms with Crippen molar-refractivity contribution in [2.24, 2.45) is 0 Å². The number of benzene rings is 2. The van der Waals surface area contributed by atoms with Crippen LogP contribution >= 0.6 is 12.4 Å². The van der Waals surface area contributed by atoms with E-state index >= 15 is 0 Å². The Morgan fingerprint density at radius 3 is 2.04 bits per heavy atom. The van der Waals surface area contributed by atoms with E-state index in [4.69, 9.17) is 4.74 Å². The van der Waals surface area contributed by atoms with Gasteiger partial charge in [0.25, 0.3) is 0 Å². The van der Waals surface area contributed by atoms with Crippen LogP contribution in [0.15, 0.2) is 53.4 Å². The van der Waals surface area contributed by atoms with E-state index in [9.17, 15) is 13.2 Å². The number of piperazine rings is 1. The molecular formula is C19H24ClN3O4S. The average Bonchev–Trinajstić information content (AvgIpc) is 2.68. The van der Waals surface area contributed by atoms with Crippen molar-refractivity contribution in [3.63, 3.8) is 0 Å². The maximum absolute atomic E-state index is 12.9. The summed E-state index contributed by atoms with van der Waals surface area (Å²) in [7, 11) is -1.92. The lowest BCUT2D eigenvalue weighted by molar-refractivity contribution is -0.114. The number of amides is 1. The van der Waals surface area contributed by atoms with Crippen LogP contribution in [0.4, 0.5) is 11.4 Å². The van der Waals surface area contributed by atoms with Gasteiger partial charge >= 0.3 is 0 Å². The number of ether oxygens (including phenoxy) is 1. The second-order valence-corrected chi connectivity index (χ2v) is 8.23. The molecule has 1 fully saturated rings. The summed E-state index contributed by atoms with van der Waals surface area (Å²) in [6.07, 6.45) is 0. The second-order valence-electron chi connectivity index (χ2n) is 6.29. The summed E-state index contributed by atoms with van der Waals surface area (Å²) in [6.45, 7) is 3.49. The van der Waals surface area contributed by atoms with Crippen molar-refractivity contribution in [1.29, 1.82) is 0 Å². The molecule has 0 unspecified atom stereocenters. The molecule has 1 amide bonds. The van der Waals surface area contributed by atoms with Gasteiger partial charge in [0.15, 0.2) is 0 Å². The second kappa shape index (κ2) is 9.27. The largest absolute Gasteiger partial charge is 0.497 e. The van der Waals surface area contributed by atoms with E-state index in [1.54, 1.807) is 19.2 Å². The number of methoxy groups -OCH3 is 1. The molecule has 2 aromatic carbocycles. The lowest BCUT2D eigenvalue weighted by Crippen LogP contribution is -2.48. The fourth-order valence-electron chi connectivity index (χ4n) is 3.04. The van der Waals surface area contributed by atoms with Gasteiger partial charge in [-0.15, -0.1) is 12.4 Å². The minimum absolute atomic E-state index is 0. The first-order chi connectivity index (χ1) is 12.9. The maximum Gasteiger partial charge on any atom is 0.243 e. The molecular weight excluding hydrogens is 402 g/mol. The number of halogens is 1. The zero-order valence-electron chi connectivity index (χ0n) is 15.8. The summed E-state index contributed by atoms with van der Waals surface area (Å²) in [4.78, 5) is 13.5. The highest BCUT2D eigenvalue weighted by atomic mass is 35.5. The van der Waals surface area contributed by atoms with Crippen molar-refractivity contribution in [1.82, 2.24) is 4.31 Å². The molecule has 1 aliphatic rings. The predicted octanol–water partition coefficient (Wildman–Crippen LogP) is 2.59. The smallest absolute Gasteiger partial charge is 0.243 e. The van der Waals surface area contributed by atoms with E-state index in [1.807, 2.05) is 24.3 Å². The molecule has 0 radical (unpaired) electrons. The number of carbonyl (C=O) groups excluding carboxylic acids is 1. The molecule has 9 heteroatoms. The van der Waals surface area contributed by atoms with Crippen molar-refractivity contribution in [3.05, 3.63) is 48.5 Å². The van der Waals surface area contributed by atoms with Crippen LogP contribution in [0.2, 0.25) is 0 Å². The first-order valence-electron chi connectivity index (χ1n) is 8.67. The molecule has 1 N–H and O–H groups in total. The monoisotopic (exact) mass is 425 g/mol. The Kier molecular flexibility index (Phi) is 7.29. The molecule has 1 heterocycles. The fourth-order valence-corrected chi connectivity index (χ4v) is 4.46. The lowest BCUT2D eigenvalue weighted by Gasteiger charge is -2.35. The molecule has 0 aliphatic carbocycles. The molecule has 0 spiro atoms. The summed E-state index contributed by atoms with van der Waals surface area (Å²) in [6, 6.07) is 14.0. The number of anilines is 2. The topological polar surface area (TPSA) is 79.0 Å². The van der Waals surface area contributed by atoms with Gasteiger partial charge in [-0.05, 0) is 48.5 Å². The molecule has 0 bridgehead atoms. The van der Waals surface area contributed by atoms with Gasteiger partial charge in [0, 0.05) is 44.5 Å². The highest BCUT2D eigenvalue weighted by Gasteiger charge is 2.28. The zero-order chi connectivity index (χ0) is 19.4. The minimum Gasteiger partial charge on any atom is -0.497 e. The van der Waals surface area contributed by atoms with Crippen LogP contribution < -0.4 is 15.0 Å². The zero-order valence-corrected chi connectivity index (χ0v) is 17.4. The van der Waals surface area contributed by atoms with Gasteiger partial charge < -0.3 is 15.0 Å². The molecule has 7 nitrogen and oxygen atoms in total. The van der Waals surface area contributed by atoms with Crippen LogP contribution in [0.3, 0.4) is 0 Å². The summed E-state index contributed by atoms with van der Waals surface area (Å²) in [5, 5.41) is 2.63. The highest BCUT2D eigenvalue weighted by molar-refractivity contribution is 7.89. The quantitative estimate of drug-likeness (QED) is 0.796. The Morgan fingerprint density at radius 2 is 1.54 bits per heavy atom. The third kappa shape index (κ3) is 4.95. The normalized spacial score (nSPS) is 14.9. The maximum atomic E-state index is 12.9. The Bertz CT molecular complexity index is 894. The van der Waals surface area contributed by atoms with Gasteiger partial charge in [0.1, 0.15) is 5.75 Å². The summed E-state index contributed by atoms with van der Waals surface area (Å²) in [5.41, 5.74) is 1.62. The Labute approximate surface area is 171 Å². The molecule has 28 heavy (non-hydrogen) atoms. The van der Waals surface area contributed by atoms with Crippen LogP contribution in [-0.4, -0.2) is 51.9 Å². The summed E-state index contributed by atoms with van der Waals surface area (Å²) >= 11 is 0. The third-order valence-electron chi connectivity index (χ3n) is 4.49. The number of hydrogen-bond acceptors (Lipinski definition) is 5. The molecule has 0 aromatic heterocycles. The van der Waals surface area contributed by atoms with Crippen LogP contribution in [0.1, 0.15) is 6.92 Å². The van der Waals surface area contributed by atoms with Crippen molar-refractivity contribution in [3.8, 4) is 5.75 Å². The van der Waals surface area contributed by atoms with Gasteiger partial charge in [0.05, 0.1) is 12.0 Å². The molecule has 0 atom stereocenters. The number of rotatable bonds is 5. The van der Waals surface area contributed by atoms with E-state index < -0.39 is 10.0 Å². The van der Waals surface area contributed by atoms with Crippen LogP contribution in [0.25, 0.3) is 0 Å². The Hall–Kier alpha value is -2.29. The van der Waals surface area contributed by atoms with Crippen molar-refractivity contribution < 1.29 is 17.9 Å². The molecule has 3 rings (SSSR count). The third-order valence-corrected chi connectivity index (χ3v) is 6.40. The van der Waals surface area contributed by atoms with Gasteiger partial charge in [-0.25, -0.2) is 8.42 Å². The van der Waals surface area contributed by atoms with E-state index in [2.05, 4.69) is 10.2 Å². The summed E-state index contributed by atoms with van der Waals surface area (Å²) in [5.74, 6) is 0.600. The molecule has 152 valence electrons. The number of hydrogen-bond donors (Lipinski definition) is 1. The Morgan fingerprint density at radius 1 is 0.964 bits per heavy atom. The first kappa shape index (κ1) is 22.0. The van der Waals surface area contributed by atoms with E-state index in [1.165, 1.54) is 23.4 Å². The molecule has 2 aromatic rings. The summed E-state index contributed by atoms with van der Waals surface area (Å²) < 4.78 is 32.4. The van der Waals surface area contributed by atoms with Crippen LogP contribution in [-0.2, 0) is 14.8 Å². The standard InChI is InChI=1S/C19H23N3O4S.ClH/c1-15(23)20-16-3-9-19(10-4-16)27(24,25)22-13-11-21(12-14-22)17-5-7-18(26-2)8-6-17;/h3-10H,11-14H2,1-2H3,(H,20,23);1H. The Balaban J connectivity index is 0.00000280. The molecule has 1 saturated heterocycles. The number of nitrogens with zero attached hydrogens (tertiary/aromatic N) is 2.